The Morgan fingerprint density at radius 2 is 1.96 bits per heavy atom. The van der Waals surface area contributed by atoms with Gasteiger partial charge in [0.15, 0.2) is 5.78 Å². The van der Waals surface area contributed by atoms with Crippen LogP contribution < -0.4 is 0 Å². The fourth-order valence-electron chi connectivity index (χ4n) is 2.55. The van der Waals surface area contributed by atoms with Crippen molar-refractivity contribution in [2.45, 2.75) is 20.4 Å². The van der Waals surface area contributed by atoms with Crippen molar-refractivity contribution in [3.63, 3.8) is 0 Å². The Morgan fingerprint density at radius 1 is 1.17 bits per heavy atom. The van der Waals surface area contributed by atoms with E-state index in [0.29, 0.717) is 17.5 Å². The van der Waals surface area contributed by atoms with Gasteiger partial charge in [0.1, 0.15) is 11.6 Å². The smallest absolute Gasteiger partial charge is 0.195 e. The molecule has 0 bridgehead atoms. The highest BCUT2D eigenvalue weighted by Crippen LogP contribution is 2.20. The Labute approximate surface area is 132 Å². The van der Waals surface area contributed by atoms with Crippen LogP contribution in [-0.4, -0.2) is 15.6 Å². The summed E-state index contributed by atoms with van der Waals surface area (Å²) in [7, 11) is 0. The predicted molar refractivity (Wildman–Crippen MR) is 84.4 cm³/mol. The van der Waals surface area contributed by atoms with Crippen molar-refractivity contribution in [2.24, 2.45) is 5.92 Å². The van der Waals surface area contributed by atoms with Crippen LogP contribution in [0.2, 0.25) is 0 Å². The molecule has 118 valence electrons. The molecule has 0 unspecified atom stereocenters. The highest BCUT2D eigenvalue weighted by Gasteiger charge is 2.16. The quantitative estimate of drug-likeness (QED) is 0.676. The minimum atomic E-state index is -0.856. The highest BCUT2D eigenvalue weighted by atomic mass is 19.1. The Hall–Kier alpha value is -2.56. The lowest BCUT2D eigenvalue weighted by atomic mass is 10.0. The molecular formula is C18H16F2N2O. The first-order valence-corrected chi connectivity index (χ1v) is 7.41. The molecule has 2 aromatic carbocycles. The summed E-state index contributed by atoms with van der Waals surface area (Å²) in [4.78, 5) is 12.4. The molecule has 1 heterocycles. The van der Waals surface area contributed by atoms with Crippen LogP contribution in [0.15, 0.2) is 42.6 Å². The van der Waals surface area contributed by atoms with Gasteiger partial charge in [-0.2, -0.15) is 5.10 Å². The molecule has 3 nitrogen and oxygen atoms in total. The molecule has 0 saturated carbocycles. The number of aromatic nitrogens is 2. The van der Waals surface area contributed by atoms with Gasteiger partial charge in [-0.3, -0.25) is 9.48 Å². The van der Waals surface area contributed by atoms with Gasteiger partial charge in [0, 0.05) is 23.6 Å². The molecule has 0 saturated heterocycles. The first-order valence-electron chi connectivity index (χ1n) is 7.41. The summed E-state index contributed by atoms with van der Waals surface area (Å²) in [5.74, 6) is -1.58. The second kappa shape index (κ2) is 5.91. The molecule has 0 aliphatic rings. The predicted octanol–water partition coefficient (Wildman–Crippen LogP) is 4.20. The van der Waals surface area contributed by atoms with E-state index in [1.54, 1.807) is 24.4 Å². The van der Waals surface area contributed by atoms with Gasteiger partial charge < -0.3 is 0 Å². The largest absolute Gasteiger partial charge is 0.288 e. The lowest BCUT2D eigenvalue weighted by Gasteiger charge is -2.07. The third kappa shape index (κ3) is 2.99. The van der Waals surface area contributed by atoms with Gasteiger partial charge in [0.05, 0.1) is 17.3 Å². The number of hydrogen-bond donors (Lipinski definition) is 0. The maximum absolute atomic E-state index is 13.8. The zero-order chi connectivity index (χ0) is 16.6. The van der Waals surface area contributed by atoms with Gasteiger partial charge in [0.2, 0.25) is 0 Å². The van der Waals surface area contributed by atoms with Crippen molar-refractivity contribution in [2.75, 3.05) is 0 Å². The normalized spacial score (nSPS) is 11.3. The first-order chi connectivity index (χ1) is 11.0. The molecule has 1 aromatic heterocycles. The standard InChI is InChI=1S/C18H16F2N2O/c1-11(2)10-22-17-6-3-12(7-13(17)9-21-22)18(23)15-5-4-14(19)8-16(15)20/h3-9,11H,10H2,1-2H3. The van der Waals surface area contributed by atoms with Gasteiger partial charge in [-0.05, 0) is 36.2 Å². The topological polar surface area (TPSA) is 34.9 Å². The third-order valence-corrected chi connectivity index (χ3v) is 3.62. The lowest BCUT2D eigenvalue weighted by molar-refractivity contribution is 0.103. The monoisotopic (exact) mass is 314 g/mol. The summed E-state index contributed by atoms with van der Waals surface area (Å²) in [5, 5.41) is 5.14. The number of carbonyl (C=O) groups excluding carboxylic acids is 1. The molecular weight excluding hydrogens is 298 g/mol. The second-order valence-electron chi connectivity index (χ2n) is 5.95. The summed E-state index contributed by atoms with van der Waals surface area (Å²) < 4.78 is 28.6. The molecule has 5 heteroatoms. The van der Waals surface area contributed by atoms with Crippen LogP contribution in [0.5, 0.6) is 0 Å². The van der Waals surface area contributed by atoms with E-state index >= 15 is 0 Å². The summed E-state index contributed by atoms with van der Waals surface area (Å²) in [6.45, 7) is 4.98. The van der Waals surface area contributed by atoms with Gasteiger partial charge in [-0.15, -0.1) is 0 Å². The summed E-state index contributed by atoms with van der Waals surface area (Å²) in [6, 6.07) is 8.09. The number of halogens is 2. The van der Waals surface area contributed by atoms with Crippen LogP contribution in [-0.2, 0) is 6.54 Å². The van der Waals surface area contributed by atoms with Crippen molar-refractivity contribution in [1.82, 2.24) is 9.78 Å². The molecule has 23 heavy (non-hydrogen) atoms. The number of fused-ring (bicyclic) bond motifs is 1. The van der Waals surface area contributed by atoms with E-state index in [1.165, 1.54) is 6.07 Å². The van der Waals surface area contributed by atoms with Crippen LogP contribution in [0.1, 0.15) is 29.8 Å². The maximum atomic E-state index is 13.8. The average molecular weight is 314 g/mol. The van der Waals surface area contributed by atoms with Crippen LogP contribution in [0.25, 0.3) is 10.9 Å². The number of ketones is 1. The third-order valence-electron chi connectivity index (χ3n) is 3.62. The van der Waals surface area contributed by atoms with Crippen LogP contribution >= 0.6 is 0 Å². The van der Waals surface area contributed by atoms with Crippen molar-refractivity contribution in [3.05, 3.63) is 65.4 Å². The minimum Gasteiger partial charge on any atom is -0.288 e. The second-order valence-corrected chi connectivity index (χ2v) is 5.95. The van der Waals surface area contributed by atoms with E-state index in [-0.39, 0.29) is 5.56 Å². The molecule has 0 aliphatic heterocycles. The summed E-state index contributed by atoms with van der Waals surface area (Å²) >= 11 is 0. The van der Waals surface area contributed by atoms with Crippen molar-refractivity contribution in [3.8, 4) is 0 Å². The zero-order valence-corrected chi connectivity index (χ0v) is 12.9. The number of benzene rings is 2. The number of hydrogen-bond acceptors (Lipinski definition) is 2. The van der Waals surface area contributed by atoms with E-state index in [2.05, 4.69) is 18.9 Å². The Bertz CT molecular complexity index is 884. The molecule has 0 N–H and O–H groups in total. The average Bonchev–Trinajstić information content (AvgIpc) is 2.88. The fraction of sp³-hybridized carbons (Fsp3) is 0.222. The summed E-state index contributed by atoms with van der Waals surface area (Å²) in [6.07, 6.45) is 1.69. The lowest BCUT2D eigenvalue weighted by Crippen LogP contribution is -2.06. The van der Waals surface area contributed by atoms with E-state index < -0.39 is 17.4 Å². The SMILES string of the molecule is CC(C)Cn1ncc2cc(C(=O)c3ccc(F)cc3F)ccc21. The first kappa shape index (κ1) is 15.3. The van der Waals surface area contributed by atoms with E-state index in [0.717, 1.165) is 23.5 Å². The van der Waals surface area contributed by atoms with E-state index in [4.69, 9.17) is 0 Å². The van der Waals surface area contributed by atoms with E-state index in [1.807, 2.05) is 4.68 Å². The molecule has 3 rings (SSSR count). The molecule has 0 amide bonds. The zero-order valence-electron chi connectivity index (χ0n) is 12.9. The van der Waals surface area contributed by atoms with Gasteiger partial charge in [-0.1, -0.05) is 13.8 Å². The molecule has 0 radical (unpaired) electrons. The van der Waals surface area contributed by atoms with Crippen LogP contribution in [0.4, 0.5) is 8.78 Å². The number of nitrogens with zero attached hydrogens (tertiary/aromatic N) is 2. The minimum absolute atomic E-state index is 0.139. The van der Waals surface area contributed by atoms with Crippen LogP contribution in [0.3, 0.4) is 0 Å². The van der Waals surface area contributed by atoms with Gasteiger partial charge >= 0.3 is 0 Å². The molecule has 3 aromatic rings. The number of carbonyl (C=O) groups is 1. The Morgan fingerprint density at radius 3 is 2.65 bits per heavy atom. The molecule has 0 aliphatic carbocycles. The molecule has 0 fully saturated rings. The fourth-order valence-corrected chi connectivity index (χ4v) is 2.55. The van der Waals surface area contributed by atoms with Gasteiger partial charge in [0.25, 0.3) is 0 Å². The highest BCUT2D eigenvalue weighted by molar-refractivity contribution is 6.10. The van der Waals surface area contributed by atoms with Crippen molar-refractivity contribution >= 4 is 16.7 Å². The van der Waals surface area contributed by atoms with Crippen molar-refractivity contribution in [1.29, 1.82) is 0 Å². The number of rotatable bonds is 4. The molecule has 0 atom stereocenters. The molecule has 0 spiro atoms. The van der Waals surface area contributed by atoms with Crippen LogP contribution in [0, 0.1) is 17.6 Å². The van der Waals surface area contributed by atoms with Crippen molar-refractivity contribution < 1.29 is 13.6 Å². The van der Waals surface area contributed by atoms with E-state index in [9.17, 15) is 13.6 Å². The summed E-state index contributed by atoms with van der Waals surface area (Å²) in [5.41, 5.74) is 1.14. The Balaban J connectivity index is 1.98. The van der Waals surface area contributed by atoms with Gasteiger partial charge in [-0.25, -0.2) is 8.78 Å². The maximum Gasteiger partial charge on any atom is 0.195 e. The Kier molecular flexibility index (Phi) is 3.94.